The average molecular weight is 964 g/mol. The molecule has 2 heterocycles. The first-order chi connectivity index (χ1) is 35.3. The third kappa shape index (κ3) is 8.85. The predicted molar refractivity (Wildman–Crippen MR) is 274 cm³/mol. The summed E-state index contributed by atoms with van der Waals surface area (Å²) in [5.41, 5.74) is 7.65. The Morgan fingerprint density at radius 3 is 1.15 bits per heavy atom. The van der Waals surface area contributed by atoms with Crippen molar-refractivity contribution < 1.29 is 26.3 Å². The van der Waals surface area contributed by atoms with Crippen LogP contribution >= 0.6 is 0 Å². The Morgan fingerprint density at radius 1 is 0.356 bits per heavy atom. The lowest BCUT2D eigenvalue weighted by atomic mass is 9.91. The molecule has 0 saturated heterocycles. The van der Waals surface area contributed by atoms with Crippen molar-refractivity contribution in [2.24, 2.45) is 0 Å². The van der Waals surface area contributed by atoms with Crippen LogP contribution < -0.4 is 0 Å². The summed E-state index contributed by atoms with van der Waals surface area (Å²) in [6.45, 7) is 0. The number of hydrogen-bond acceptors (Lipinski definition) is 4. The van der Waals surface area contributed by atoms with E-state index in [2.05, 4.69) is 12.1 Å². The molecule has 0 radical (unpaired) electrons. The van der Waals surface area contributed by atoms with E-state index in [1.165, 1.54) is 12.1 Å². The van der Waals surface area contributed by atoms with Crippen molar-refractivity contribution in [3.05, 3.63) is 235 Å². The van der Waals surface area contributed by atoms with E-state index in [1.54, 1.807) is 48.5 Å². The number of halogens is 6. The first kappa shape index (κ1) is 45.8. The molecule has 0 aliphatic heterocycles. The molecular weight excluding hydrogens is 929 g/mol. The molecule has 350 valence electrons. The highest BCUT2D eigenvalue weighted by atomic mass is 19.4. The summed E-state index contributed by atoms with van der Waals surface area (Å²) in [5.74, 6) is 0.189. The van der Waals surface area contributed by atoms with Crippen molar-refractivity contribution >= 4 is 21.8 Å². The second-order valence-electron chi connectivity index (χ2n) is 17.4. The quantitative estimate of drug-likeness (QED) is 0.142. The minimum atomic E-state index is -4.74. The molecule has 0 fully saturated rings. The van der Waals surface area contributed by atoms with Crippen molar-refractivity contribution in [3.63, 3.8) is 0 Å². The van der Waals surface area contributed by atoms with Crippen LogP contribution in [0.2, 0.25) is 0 Å². The van der Waals surface area contributed by atoms with Gasteiger partial charge in [-0.2, -0.15) is 36.9 Å². The smallest absolute Gasteiger partial charge is 0.308 e. The van der Waals surface area contributed by atoms with Crippen LogP contribution in [0.15, 0.2) is 212 Å². The molecule has 0 spiro atoms. The molecule has 0 amide bonds. The fraction of sp³-hybridized carbons (Fsp3) is 0.0323. The van der Waals surface area contributed by atoms with E-state index in [0.717, 1.165) is 68.4 Å². The monoisotopic (exact) mass is 963 g/mol. The fourth-order valence-corrected chi connectivity index (χ4v) is 9.36. The molecule has 0 aliphatic carbocycles. The minimum Gasteiger partial charge on any atom is -0.308 e. The molecule has 0 saturated carbocycles. The summed E-state index contributed by atoms with van der Waals surface area (Å²) in [7, 11) is 0. The maximum Gasteiger partial charge on any atom is 0.416 e. The van der Waals surface area contributed by atoms with Gasteiger partial charge in [-0.3, -0.25) is 0 Å². The van der Waals surface area contributed by atoms with Crippen molar-refractivity contribution in [1.29, 1.82) is 10.5 Å². The average Bonchev–Trinajstić information content (AvgIpc) is 3.75. The van der Waals surface area contributed by atoms with Gasteiger partial charge in [-0.05, 0) is 124 Å². The lowest BCUT2D eigenvalue weighted by Crippen LogP contribution is -2.07. The van der Waals surface area contributed by atoms with Crippen LogP contribution in [0.1, 0.15) is 22.3 Å². The number of alkyl halides is 6. The Morgan fingerprint density at radius 2 is 0.753 bits per heavy atom. The van der Waals surface area contributed by atoms with Gasteiger partial charge in [0.25, 0.3) is 0 Å². The highest BCUT2D eigenvalue weighted by Gasteiger charge is 2.33. The van der Waals surface area contributed by atoms with Gasteiger partial charge in [-0.1, -0.05) is 121 Å². The van der Waals surface area contributed by atoms with Gasteiger partial charge in [0.15, 0.2) is 5.82 Å². The SMILES string of the molecule is N#Cc1ccc(-c2ccc3c(c2)c2cc(-c4ccc(C#N)cc4)ccc2n3-c2c(-c3cccc(C(F)(F)F)c3)cc(-c3nc(-c4ccccc4)cc(-c4ccccc4)n3)cc2-c2cccc(C(F)(F)F)c2)cc1. The molecule has 0 bridgehead atoms. The summed E-state index contributed by atoms with van der Waals surface area (Å²) in [6.07, 6.45) is -9.49. The van der Waals surface area contributed by atoms with Crippen LogP contribution in [-0.2, 0) is 12.4 Å². The molecule has 11 rings (SSSR count). The van der Waals surface area contributed by atoms with Crippen molar-refractivity contribution in [1.82, 2.24) is 14.5 Å². The Kier molecular flexibility index (Phi) is 11.5. The van der Waals surface area contributed by atoms with Crippen molar-refractivity contribution in [2.45, 2.75) is 12.4 Å². The van der Waals surface area contributed by atoms with Crippen LogP contribution in [0, 0.1) is 22.7 Å². The van der Waals surface area contributed by atoms with Gasteiger partial charge >= 0.3 is 12.4 Å². The van der Waals surface area contributed by atoms with E-state index in [0.29, 0.717) is 44.8 Å². The molecule has 11 heteroatoms. The van der Waals surface area contributed by atoms with E-state index in [-0.39, 0.29) is 28.1 Å². The maximum absolute atomic E-state index is 14.8. The maximum atomic E-state index is 14.8. The van der Waals surface area contributed by atoms with E-state index < -0.39 is 23.5 Å². The highest BCUT2D eigenvalue weighted by Crippen LogP contribution is 2.47. The Hall–Kier alpha value is -9.58. The van der Waals surface area contributed by atoms with Crippen LogP contribution in [0.3, 0.4) is 0 Å². The molecule has 9 aromatic carbocycles. The number of hydrogen-bond donors (Lipinski definition) is 0. The molecule has 11 aromatic rings. The Bertz CT molecular complexity index is 3750. The van der Waals surface area contributed by atoms with E-state index in [4.69, 9.17) is 9.97 Å². The molecule has 2 aromatic heterocycles. The Balaban J connectivity index is 1.28. The first-order valence-corrected chi connectivity index (χ1v) is 23.0. The lowest BCUT2D eigenvalue weighted by Gasteiger charge is -2.22. The summed E-state index contributed by atoms with van der Waals surface area (Å²) < 4.78 is 90.7. The number of fused-ring (bicyclic) bond motifs is 3. The summed E-state index contributed by atoms with van der Waals surface area (Å²) in [6, 6.07) is 64.1. The first-order valence-electron chi connectivity index (χ1n) is 23.0. The van der Waals surface area contributed by atoms with Crippen LogP contribution in [-0.4, -0.2) is 14.5 Å². The number of rotatable bonds is 8. The van der Waals surface area contributed by atoms with Crippen molar-refractivity contribution in [3.8, 4) is 96.2 Å². The number of benzene rings is 9. The molecule has 5 nitrogen and oxygen atoms in total. The van der Waals surface area contributed by atoms with Gasteiger partial charge in [-0.25, -0.2) is 9.97 Å². The topological polar surface area (TPSA) is 78.3 Å². The van der Waals surface area contributed by atoms with Crippen LogP contribution in [0.5, 0.6) is 0 Å². The zero-order chi connectivity index (χ0) is 50.4. The number of aromatic nitrogens is 3. The largest absolute Gasteiger partial charge is 0.416 e. The van der Waals surface area contributed by atoms with Gasteiger partial charge < -0.3 is 4.57 Å². The summed E-state index contributed by atoms with van der Waals surface area (Å²) >= 11 is 0. The van der Waals surface area contributed by atoms with Gasteiger partial charge in [0.2, 0.25) is 0 Å². The van der Waals surface area contributed by atoms with Gasteiger partial charge in [-0.15, -0.1) is 0 Å². The zero-order valence-electron chi connectivity index (χ0n) is 38.2. The van der Waals surface area contributed by atoms with Gasteiger partial charge in [0, 0.05) is 38.6 Å². The predicted octanol–water partition coefficient (Wildman–Crippen LogP) is 17.0. The molecule has 0 unspecified atom stereocenters. The van der Waals surface area contributed by atoms with Crippen LogP contribution in [0.25, 0.3) is 106 Å². The zero-order valence-corrected chi connectivity index (χ0v) is 38.2. The molecule has 0 aliphatic rings. The molecular formula is C62H35F6N5. The standard InChI is InChI=1S/C62H35F6N5/c63-61(64,65)49-15-7-13-46(29-49)51-33-48(60-71-55(42-9-3-1-4-10-42)35-56(72-60)43-11-5-2-6-12-43)34-52(47-14-8-16-50(30-47)62(66,67)68)59(51)73-57-27-25-44(40-21-17-38(36-69)18-22-40)31-53(57)54-32-45(26-28-58(54)73)41-23-19-39(37-70)20-24-41/h1-35H. The third-order valence-corrected chi connectivity index (χ3v) is 12.9. The van der Waals surface area contributed by atoms with Crippen molar-refractivity contribution in [2.75, 3.05) is 0 Å². The minimum absolute atomic E-state index is 0.140. The third-order valence-electron chi connectivity index (χ3n) is 12.9. The normalized spacial score (nSPS) is 11.7. The van der Waals surface area contributed by atoms with E-state index >= 15 is 0 Å². The van der Waals surface area contributed by atoms with Gasteiger partial charge in [0.1, 0.15) is 0 Å². The number of nitrogens with zero attached hydrogens (tertiary/aromatic N) is 5. The molecule has 0 atom stereocenters. The lowest BCUT2D eigenvalue weighted by molar-refractivity contribution is -0.138. The van der Waals surface area contributed by atoms with E-state index in [9.17, 15) is 36.9 Å². The Labute approximate surface area is 414 Å². The second-order valence-corrected chi connectivity index (χ2v) is 17.4. The van der Waals surface area contributed by atoms with E-state index in [1.807, 2.05) is 132 Å². The summed E-state index contributed by atoms with van der Waals surface area (Å²) in [5, 5.41) is 20.6. The molecule has 0 N–H and O–H groups in total. The fourth-order valence-electron chi connectivity index (χ4n) is 9.36. The molecule has 73 heavy (non-hydrogen) atoms. The highest BCUT2D eigenvalue weighted by molar-refractivity contribution is 6.13. The number of nitriles is 2. The van der Waals surface area contributed by atoms with Gasteiger partial charge in [0.05, 0.1) is 62.5 Å². The summed E-state index contributed by atoms with van der Waals surface area (Å²) in [4.78, 5) is 10.1. The second kappa shape index (κ2) is 18.3. The van der Waals surface area contributed by atoms with Crippen LogP contribution in [0.4, 0.5) is 26.3 Å².